The Bertz CT molecular complexity index is 626. The van der Waals surface area contributed by atoms with Gasteiger partial charge in [0.2, 0.25) is 0 Å². The van der Waals surface area contributed by atoms with Crippen LogP contribution in [0.15, 0.2) is 30.4 Å². The molecule has 0 spiro atoms. The van der Waals surface area contributed by atoms with Gasteiger partial charge in [-0.25, -0.2) is 0 Å². The molecule has 0 aromatic heterocycles. The second-order valence-corrected chi connectivity index (χ2v) is 5.33. The Labute approximate surface area is 146 Å². The topological polar surface area (TPSA) is 91.1 Å². The molecule has 0 atom stereocenters. The van der Waals surface area contributed by atoms with Crippen LogP contribution < -0.4 is 9.64 Å². The number of carbonyl (C=O) groups is 1. The largest absolute Gasteiger partial charge is 0.483 e. The second-order valence-electron chi connectivity index (χ2n) is 5.33. The fraction of sp³-hybridized carbons (Fsp3) is 0.471. The third-order valence-corrected chi connectivity index (χ3v) is 3.65. The van der Waals surface area contributed by atoms with Gasteiger partial charge in [-0.15, -0.1) is 0 Å². The number of hydrogen-bond acceptors (Lipinski definition) is 7. The van der Waals surface area contributed by atoms with Gasteiger partial charge in [-0.05, 0) is 18.2 Å². The van der Waals surface area contributed by atoms with Crippen LogP contribution in [-0.4, -0.2) is 50.4 Å². The van der Waals surface area contributed by atoms with Crippen molar-refractivity contribution < 1.29 is 23.9 Å². The number of nitro groups is 1. The summed E-state index contributed by atoms with van der Waals surface area (Å²) in [6.07, 6.45) is 3.63. The number of carbonyl (C=O) groups excluding carboxylic acids is 1. The summed E-state index contributed by atoms with van der Waals surface area (Å²) >= 11 is 0. The number of rotatable bonds is 8. The first-order chi connectivity index (χ1) is 12.1. The number of hydrogen-bond donors (Lipinski definition) is 0. The van der Waals surface area contributed by atoms with Crippen LogP contribution in [0, 0.1) is 10.1 Å². The molecule has 0 aliphatic carbocycles. The van der Waals surface area contributed by atoms with Crippen molar-refractivity contribution >= 4 is 17.3 Å². The highest BCUT2D eigenvalue weighted by atomic mass is 16.6. The fourth-order valence-electron chi connectivity index (χ4n) is 2.30. The molecular formula is C17H22N2O6. The number of esters is 1. The summed E-state index contributed by atoms with van der Waals surface area (Å²) in [6, 6.07) is 4.84. The van der Waals surface area contributed by atoms with Gasteiger partial charge in [0.15, 0.2) is 5.75 Å². The monoisotopic (exact) mass is 350 g/mol. The molecule has 25 heavy (non-hydrogen) atoms. The van der Waals surface area contributed by atoms with E-state index in [9.17, 15) is 14.9 Å². The van der Waals surface area contributed by atoms with Gasteiger partial charge >= 0.3 is 11.7 Å². The van der Waals surface area contributed by atoms with E-state index in [-0.39, 0.29) is 30.6 Å². The van der Waals surface area contributed by atoms with Crippen LogP contribution >= 0.6 is 0 Å². The van der Waals surface area contributed by atoms with Crippen LogP contribution in [0.25, 0.3) is 0 Å². The average molecular weight is 350 g/mol. The summed E-state index contributed by atoms with van der Waals surface area (Å²) in [5, 5.41) is 11.2. The van der Waals surface area contributed by atoms with Crippen molar-refractivity contribution in [1.82, 2.24) is 0 Å². The normalized spacial score (nSPS) is 14.5. The van der Waals surface area contributed by atoms with E-state index in [1.165, 1.54) is 6.07 Å². The maximum Gasteiger partial charge on any atom is 0.311 e. The van der Waals surface area contributed by atoms with Crippen LogP contribution in [0.3, 0.4) is 0 Å². The summed E-state index contributed by atoms with van der Waals surface area (Å²) in [5.41, 5.74) is 0.785. The molecule has 1 aliphatic heterocycles. The number of benzene rings is 1. The van der Waals surface area contributed by atoms with Gasteiger partial charge in [0.25, 0.3) is 0 Å². The molecule has 0 amide bonds. The molecule has 8 heteroatoms. The lowest BCUT2D eigenvalue weighted by atomic mass is 10.2. The lowest BCUT2D eigenvalue weighted by Crippen LogP contribution is -2.36. The van der Waals surface area contributed by atoms with Crippen molar-refractivity contribution in [3.05, 3.63) is 40.5 Å². The van der Waals surface area contributed by atoms with Gasteiger partial charge in [0.05, 0.1) is 18.1 Å². The molecule has 1 aliphatic rings. The summed E-state index contributed by atoms with van der Waals surface area (Å²) in [4.78, 5) is 23.8. The van der Waals surface area contributed by atoms with E-state index in [0.717, 1.165) is 18.8 Å². The maximum absolute atomic E-state index is 11.2. The minimum atomic E-state index is -0.467. The highest BCUT2D eigenvalue weighted by Gasteiger charge is 2.19. The van der Waals surface area contributed by atoms with E-state index < -0.39 is 4.92 Å². The molecule has 0 saturated carbocycles. The first-order valence-corrected chi connectivity index (χ1v) is 8.16. The van der Waals surface area contributed by atoms with Gasteiger partial charge in [-0.1, -0.05) is 6.92 Å². The standard InChI is InChI=1S/C17H22N2O6/c1-2-17(20)25-10-4-3-9-24-16-13-14(5-6-15(16)19(21)22)18-7-11-23-12-8-18/h3-6,13H,2,7-12H2,1H3/b4-3-. The lowest BCUT2D eigenvalue weighted by Gasteiger charge is -2.29. The molecule has 1 aromatic carbocycles. The van der Waals surface area contributed by atoms with Crippen LogP contribution in [-0.2, 0) is 14.3 Å². The van der Waals surface area contributed by atoms with E-state index in [0.29, 0.717) is 19.6 Å². The molecule has 2 rings (SSSR count). The quantitative estimate of drug-likeness (QED) is 0.307. The number of morpholine rings is 1. The smallest absolute Gasteiger partial charge is 0.311 e. The average Bonchev–Trinajstić information content (AvgIpc) is 2.64. The predicted molar refractivity (Wildman–Crippen MR) is 92.0 cm³/mol. The first-order valence-electron chi connectivity index (χ1n) is 8.16. The minimum Gasteiger partial charge on any atom is -0.483 e. The second kappa shape index (κ2) is 9.63. The van der Waals surface area contributed by atoms with E-state index in [2.05, 4.69) is 4.90 Å². The van der Waals surface area contributed by atoms with Gasteiger partial charge in [0.1, 0.15) is 13.2 Å². The van der Waals surface area contributed by atoms with Crippen molar-refractivity contribution in [2.45, 2.75) is 13.3 Å². The molecule has 1 aromatic rings. The lowest BCUT2D eigenvalue weighted by molar-refractivity contribution is -0.385. The Morgan fingerprint density at radius 2 is 2.04 bits per heavy atom. The minimum absolute atomic E-state index is 0.0807. The van der Waals surface area contributed by atoms with Crippen LogP contribution in [0.4, 0.5) is 11.4 Å². The molecule has 1 saturated heterocycles. The molecule has 1 fully saturated rings. The van der Waals surface area contributed by atoms with Gasteiger partial charge < -0.3 is 19.1 Å². The van der Waals surface area contributed by atoms with Gasteiger partial charge in [-0.2, -0.15) is 0 Å². The number of ether oxygens (including phenoxy) is 3. The predicted octanol–water partition coefficient (Wildman–Crippen LogP) is 2.32. The zero-order valence-corrected chi connectivity index (χ0v) is 14.2. The fourth-order valence-corrected chi connectivity index (χ4v) is 2.30. The van der Waals surface area contributed by atoms with Crippen molar-refractivity contribution in [3.8, 4) is 5.75 Å². The number of nitro benzene ring substituents is 1. The van der Waals surface area contributed by atoms with Gasteiger partial charge in [-0.3, -0.25) is 14.9 Å². The molecule has 0 bridgehead atoms. The van der Waals surface area contributed by atoms with Crippen molar-refractivity contribution in [2.24, 2.45) is 0 Å². The molecule has 0 N–H and O–H groups in total. The zero-order chi connectivity index (χ0) is 18.1. The number of nitrogens with zero attached hydrogens (tertiary/aromatic N) is 2. The molecular weight excluding hydrogens is 328 g/mol. The zero-order valence-electron chi connectivity index (χ0n) is 14.2. The molecule has 1 heterocycles. The molecule has 0 radical (unpaired) electrons. The highest BCUT2D eigenvalue weighted by molar-refractivity contribution is 5.68. The Hall–Kier alpha value is -2.61. The van der Waals surface area contributed by atoms with E-state index in [1.807, 2.05) is 0 Å². The number of anilines is 1. The van der Waals surface area contributed by atoms with Gasteiger partial charge in [0, 0.05) is 37.3 Å². The maximum atomic E-state index is 11.2. The summed E-state index contributed by atoms with van der Waals surface area (Å²) < 4.78 is 15.7. The SMILES string of the molecule is CCC(=O)OC/C=C\COc1cc(N2CCOCC2)ccc1[N+](=O)[O-]. The molecule has 8 nitrogen and oxygen atoms in total. The van der Waals surface area contributed by atoms with Crippen LogP contribution in [0.5, 0.6) is 5.75 Å². The Morgan fingerprint density at radius 1 is 1.32 bits per heavy atom. The first kappa shape index (κ1) is 18.7. The van der Waals surface area contributed by atoms with Crippen molar-refractivity contribution in [3.63, 3.8) is 0 Å². The molecule has 0 unspecified atom stereocenters. The Kier molecular flexibility index (Phi) is 7.21. The van der Waals surface area contributed by atoms with Crippen molar-refractivity contribution in [1.29, 1.82) is 0 Å². The van der Waals surface area contributed by atoms with Crippen molar-refractivity contribution in [2.75, 3.05) is 44.4 Å². The van der Waals surface area contributed by atoms with E-state index in [1.54, 1.807) is 31.2 Å². The summed E-state index contributed by atoms with van der Waals surface area (Å²) in [7, 11) is 0. The van der Waals surface area contributed by atoms with Crippen LogP contribution in [0.2, 0.25) is 0 Å². The summed E-state index contributed by atoms with van der Waals surface area (Å²) in [6.45, 7) is 4.76. The van der Waals surface area contributed by atoms with E-state index >= 15 is 0 Å². The molecule has 136 valence electrons. The summed E-state index contributed by atoms with van der Waals surface area (Å²) in [5.74, 6) is -0.0661. The highest BCUT2D eigenvalue weighted by Crippen LogP contribution is 2.32. The third-order valence-electron chi connectivity index (χ3n) is 3.65. The Morgan fingerprint density at radius 3 is 2.72 bits per heavy atom. The Balaban J connectivity index is 1.97. The third kappa shape index (κ3) is 5.75. The van der Waals surface area contributed by atoms with Crippen LogP contribution in [0.1, 0.15) is 13.3 Å². The van der Waals surface area contributed by atoms with E-state index in [4.69, 9.17) is 14.2 Å².